The van der Waals surface area contributed by atoms with Gasteiger partial charge in [-0.3, -0.25) is 10.2 Å². The monoisotopic (exact) mass is 630 g/mol. The molecule has 0 aliphatic carbocycles. The van der Waals surface area contributed by atoms with Crippen LogP contribution < -0.4 is 9.47 Å². The molecule has 1 N–H and O–H groups in total. The first-order valence-electron chi connectivity index (χ1n) is 12.1. The van der Waals surface area contributed by atoms with Crippen LogP contribution >= 0.6 is 39.3 Å². The first kappa shape index (κ1) is 26.3. The number of fused-ring (bicyclic) bond motifs is 2. The minimum atomic E-state index is -0.522. The summed E-state index contributed by atoms with van der Waals surface area (Å²) in [5.41, 5.74) is 2.50. The smallest absolute Gasteiger partial charge is 0.283 e. The van der Waals surface area contributed by atoms with E-state index in [1.165, 1.54) is 16.8 Å². The second kappa shape index (κ2) is 10.9. The molecule has 0 atom stereocenters. The Bertz CT molecular complexity index is 1800. The van der Waals surface area contributed by atoms with E-state index in [0.29, 0.717) is 48.9 Å². The molecule has 0 saturated heterocycles. The van der Waals surface area contributed by atoms with Crippen molar-refractivity contribution in [3.63, 3.8) is 0 Å². The fourth-order valence-corrected chi connectivity index (χ4v) is 6.22. The number of nitrogens with zero attached hydrogens (tertiary/aromatic N) is 3. The number of thioether (sulfide) groups is 1. The zero-order chi connectivity index (χ0) is 27.8. The van der Waals surface area contributed by atoms with Crippen LogP contribution in [-0.4, -0.2) is 34.1 Å². The number of hydrazone groups is 1. The summed E-state index contributed by atoms with van der Waals surface area (Å²) < 4.78 is 12.5. The lowest BCUT2D eigenvalue weighted by atomic mass is 10.1. The van der Waals surface area contributed by atoms with Crippen LogP contribution in [0.4, 0.5) is 0 Å². The molecular weight excluding hydrogens is 612 g/mol. The second-order valence-electron chi connectivity index (χ2n) is 8.87. The molecule has 198 valence electrons. The van der Waals surface area contributed by atoms with Crippen LogP contribution in [0.3, 0.4) is 0 Å². The first-order valence-corrected chi connectivity index (χ1v) is 14.1. The van der Waals surface area contributed by atoms with Gasteiger partial charge in [0.2, 0.25) is 5.17 Å². The summed E-state index contributed by atoms with van der Waals surface area (Å²) in [6.07, 6.45) is 1.60. The Balaban J connectivity index is 1.28. The molecule has 0 bridgehead atoms. The Morgan fingerprint density at radius 1 is 1.07 bits per heavy atom. The number of carbonyl (C=O) groups excluding carboxylic acids is 1. The maximum absolute atomic E-state index is 13.0. The molecule has 6 rings (SSSR count). The summed E-state index contributed by atoms with van der Waals surface area (Å²) in [7, 11) is 1.56. The van der Waals surface area contributed by atoms with Gasteiger partial charge in [-0.2, -0.15) is 15.1 Å². The van der Waals surface area contributed by atoms with Gasteiger partial charge in [0.1, 0.15) is 11.7 Å². The predicted octanol–water partition coefficient (Wildman–Crippen LogP) is 7.51. The molecule has 4 aromatic rings. The molecule has 7 nitrogen and oxygen atoms in total. The number of benzene rings is 4. The molecule has 0 unspecified atom stereocenters. The van der Waals surface area contributed by atoms with E-state index in [-0.39, 0.29) is 11.4 Å². The Labute approximate surface area is 247 Å². The molecule has 2 aliphatic rings. The molecule has 0 radical (unpaired) electrons. The van der Waals surface area contributed by atoms with E-state index in [4.69, 9.17) is 26.5 Å². The highest BCUT2D eigenvalue weighted by Gasteiger charge is 2.36. The summed E-state index contributed by atoms with van der Waals surface area (Å²) in [5.74, 6) is 0.422. The predicted molar refractivity (Wildman–Crippen MR) is 165 cm³/mol. The Morgan fingerprint density at radius 2 is 1.85 bits per heavy atom. The zero-order valence-electron chi connectivity index (χ0n) is 21.0. The van der Waals surface area contributed by atoms with E-state index in [2.05, 4.69) is 44.2 Å². The minimum Gasteiger partial charge on any atom is -0.493 e. The maximum Gasteiger partial charge on any atom is 0.283 e. The van der Waals surface area contributed by atoms with Crippen LogP contribution in [0.25, 0.3) is 16.8 Å². The first-order chi connectivity index (χ1) is 19.4. The van der Waals surface area contributed by atoms with Crippen molar-refractivity contribution in [2.75, 3.05) is 7.11 Å². The van der Waals surface area contributed by atoms with Gasteiger partial charge in [-0.15, -0.1) is 0 Å². The molecule has 0 saturated carbocycles. The molecule has 4 aromatic carbocycles. The highest BCUT2D eigenvalue weighted by Crippen LogP contribution is 2.39. The molecule has 40 heavy (non-hydrogen) atoms. The molecular formula is C30H20BrClN4O3S. The Morgan fingerprint density at radius 3 is 2.67 bits per heavy atom. The normalized spacial score (nSPS) is 15.8. The third-order valence-electron chi connectivity index (χ3n) is 6.37. The zero-order valence-corrected chi connectivity index (χ0v) is 24.2. The van der Waals surface area contributed by atoms with Gasteiger partial charge in [-0.1, -0.05) is 72.3 Å². The number of methoxy groups -OCH3 is 1. The topological polar surface area (TPSA) is 87.3 Å². The van der Waals surface area contributed by atoms with Crippen molar-refractivity contribution in [1.82, 2.24) is 5.01 Å². The number of carbonyl (C=O) groups is 1. The van der Waals surface area contributed by atoms with E-state index in [9.17, 15) is 4.79 Å². The van der Waals surface area contributed by atoms with Crippen molar-refractivity contribution in [3.05, 3.63) is 111 Å². The maximum atomic E-state index is 13.0. The lowest BCUT2D eigenvalue weighted by molar-refractivity contribution is -0.114. The van der Waals surface area contributed by atoms with E-state index >= 15 is 0 Å². The van der Waals surface area contributed by atoms with Crippen molar-refractivity contribution >= 4 is 78.1 Å². The van der Waals surface area contributed by atoms with Gasteiger partial charge in [0.25, 0.3) is 5.91 Å². The quantitative estimate of drug-likeness (QED) is 0.223. The molecule has 0 spiro atoms. The number of hydrogen-bond acceptors (Lipinski definition) is 6. The summed E-state index contributed by atoms with van der Waals surface area (Å²) in [6, 6.07) is 25.1. The summed E-state index contributed by atoms with van der Waals surface area (Å²) in [6.45, 7) is 0.343. The third kappa shape index (κ3) is 4.92. The highest BCUT2D eigenvalue weighted by atomic mass is 79.9. The van der Waals surface area contributed by atoms with Crippen LogP contribution in [-0.2, 0) is 11.4 Å². The van der Waals surface area contributed by atoms with Crippen molar-refractivity contribution in [2.45, 2.75) is 6.61 Å². The number of hydrogen-bond donors (Lipinski definition) is 1. The van der Waals surface area contributed by atoms with Gasteiger partial charge in [0.15, 0.2) is 17.3 Å². The molecule has 2 heterocycles. The number of amidine groups is 2. The van der Waals surface area contributed by atoms with E-state index in [1.54, 1.807) is 25.3 Å². The van der Waals surface area contributed by atoms with Gasteiger partial charge >= 0.3 is 0 Å². The summed E-state index contributed by atoms with van der Waals surface area (Å²) in [5, 5.41) is 18.3. The van der Waals surface area contributed by atoms with Gasteiger partial charge in [-0.25, -0.2) is 0 Å². The summed E-state index contributed by atoms with van der Waals surface area (Å²) in [4.78, 5) is 17.1. The fraction of sp³-hybridized carbons (Fsp3) is 0.0667. The van der Waals surface area contributed by atoms with Crippen molar-refractivity contribution in [1.29, 1.82) is 5.41 Å². The second-order valence-corrected chi connectivity index (χ2v) is 11.1. The molecule has 10 heteroatoms. The van der Waals surface area contributed by atoms with Crippen LogP contribution in [0.5, 0.6) is 11.5 Å². The number of amides is 1. The van der Waals surface area contributed by atoms with Gasteiger partial charge in [0, 0.05) is 5.56 Å². The number of rotatable bonds is 6. The largest absolute Gasteiger partial charge is 0.493 e. The number of halogens is 2. The third-order valence-corrected chi connectivity index (χ3v) is 8.23. The average Bonchev–Trinajstić information content (AvgIpc) is 3.38. The minimum absolute atomic E-state index is 0.0732. The lowest BCUT2D eigenvalue weighted by Gasteiger charge is -2.20. The Hall–Kier alpha value is -3.92. The van der Waals surface area contributed by atoms with Crippen LogP contribution in [0.2, 0.25) is 5.02 Å². The van der Waals surface area contributed by atoms with E-state index < -0.39 is 5.91 Å². The van der Waals surface area contributed by atoms with Crippen LogP contribution in [0, 0.1) is 5.41 Å². The molecule has 0 fully saturated rings. The van der Waals surface area contributed by atoms with Gasteiger partial charge in [0.05, 0.1) is 22.2 Å². The number of aliphatic imine (C=N–C) groups is 1. The highest BCUT2D eigenvalue weighted by molar-refractivity contribution is 9.10. The van der Waals surface area contributed by atoms with Gasteiger partial charge < -0.3 is 9.47 Å². The van der Waals surface area contributed by atoms with Crippen LogP contribution in [0.1, 0.15) is 16.7 Å². The SMILES string of the molecule is COc1cc(/C=C2/C(=N)N3N=C(c4ccccc4Cl)SC3=NC2=O)cc(Br)c1OCc1cccc2ccccc12. The van der Waals surface area contributed by atoms with E-state index in [1.807, 2.05) is 48.5 Å². The Kier molecular flexibility index (Phi) is 7.18. The number of ether oxygens (including phenoxy) is 2. The lowest BCUT2D eigenvalue weighted by Crippen LogP contribution is -2.35. The molecule has 0 aromatic heterocycles. The number of nitrogens with one attached hydrogen (secondary N) is 1. The summed E-state index contributed by atoms with van der Waals surface area (Å²) >= 11 is 11.1. The van der Waals surface area contributed by atoms with Crippen molar-refractivity contribution < 1.29 is 14.3 Å². The standard InChI is InChI=1S/C30H20BrClN4O3S/c1-38-25-15-17(14-23(31)26(25)39-16-19-9-6-8-18-7-2-3-10-20(18)19)13-22-27(33)36-30(34-28(22)37)40-29(35-36)21-11-4-5-12-24(21)32/h2-15,33H,16H2,1H3/b22-13-,33-27?. The fourth-order valence-electron chi connectivity index (χ4n) is 4.43. The molecule has 2 aliphatic heterocycles. The average molecular weight is 632 g/mol. The van der Waals surface area contributed by atoms with E-state index in [0.717, 1.165) is 16.3 Å². The molecule has 1 amide bonds. The van der Waals surface area contributed by atoms with Crippen molar-refractivity contribution in [3.8, 4) is 11.5 Å². The van der Waals surface area contributed by atoms with Crippen LogP contribution in [0.15, 0.2) is 99.0 Å². The van der Waals surface area contributed by atoms with Gasteiger partial charge in [-0.05, 0) is 73.9 Å². The van der Waals surface area contributed by atoms with Crippen molar-refractivity contribution in [2.24, 2.45) is 10.1 Å².